The van der Waals surface area contributed by atoms with Gasteiger partial charge in [-0.25, -0.2) is 0 Å². The van der Waals surface area contributed by atoms with E-state index in [0.717, 1.165) is 17.1 Å². The maximum Gasteiger partial charge on any atom is 0.234 e. The summed E-state index contributed by atoms with van der Waals surface area (Å²) >= 11 is 0. The SMILES string of the molecule is C[C@@H](NCc1ccc(Oc2ccccc2)cc1)C(N)=O. The van der Waals surface area contributed by atoms with E-state index in [1.54, 1.807) is 6.92 Å². The molecule has 3 N–H and O–H groups in total. The summed E-state index contributed by atoms with van der Waals surface area (Å²) in [4.78, 5) is 10.9. The Balaban J connectivity index is 1.91. The third kappa shape index (κ3) is 4.10. The maximum absolute atomic E-state index is 10.9. The van der Waals surface area contributed by atoms with Gasteiger partial charge in [-0.2, -0.15) is 0 Å². The fourth-order valence-corrected chi connectivity index (χ4v) is 1.67. The molecule has 0 unspecified atom stereocenters. The quantitative estimate of drug-likeness (QED) is 0.847. The highest BCUT2D eigenvalue weighted by molar-refractivity contribution is 5.79. The third-order valence-corrected chi connectivity index (χ3v) is 2.94. The van der Waals surface area contributed by atoms with Crippen LogP contribution < -0.4 is 15.8 Å². The minimum absolute atomic E-state index is 0.338. The van der Waals surface area contributed by atoms with Gasteiger partial charge in [-0.1, -0.05) is 30.3 Å². The summed E-state index contributed by atoms with van der Waals surface area (Å²) in [7, 11) is 0. The van der Waals surface area contributed by atoms with Crippen molar-refractivity contribution in [3.63, 3.8) is 0 Å². The van der Waals surface area contributed by atoms with Gasteiger partial charge in [0.05, 0.1) is 6.04 Å². The molecule has 2 aromatic rings. The minimum Gasteiger partial charge on any atom is -0.457 e. The van der Waals surface area contributed by atoms with Crippen molar-refractivity contribution in [3.8, 4) is 11.5 Å². The largest absolute Gasteiger partial charge is 0.457 e. The molecule has 0 fully saturated rings. The Morgan fingerprint density at radius 2 is 1.70 bits per heavy atom. The van der Waals surface area contributed by atoms with Crippen LogP contribution in [-0.4, -0.2) is 11.9 Å². The predicted octanol–water partition coefficient (Wildman–Crippen LogP) is 2.44. The van der Waals surface area contributed by atoms with E-state index in [4.69, 9.17) is 10.5 Å². The highest BCUT2D eigenvalue weighted by Crippen LogP contribution is 2.21. The van der Waals surface area contributed by atoms with Crippen molar-refractivity contribution in [1.29, 1.82) is 0 Å². The topological polar surface area (TPSA) is 64.3 Å². The lowest BCUT2D eigenvalue weighted by molar-refractivity contribution is -0.119. The Morgan fingerprint density at radius 1 is 1.10 bits per heavy atom. The first kappa shape index (κ1) is 14.1. The molecule has 0 radical (unpaired) electrons. The monoisotopic (exact) mass is 270 g/mol. The number of benzene rings is 2. The first-order chi connectivity index (χ1) is 9.65. The Labute approximate surface area is 118 Å². The Morgan fingerprint density at radius 3 is 2.30 bits per heavy atom. The number of amides is 1. The fourth-order valence-electron chi connectivity index (χ4n) is 1.67. The maximum atomic E-state index is 10.9. The van der Waals surface area contributed by atoms with Crippen LogP contribution in [0.1, 0.15) is 12.5 Å². The lowest BCUT2D eigenvalue weighted by atomic mass is 10.2. The van der Waals surface area contributed by atoms with Crippen molar-refractivity contribution >= 4 is 5.91 Å². The average Bonchev–Trinajstić information content (AvgIpc) is 2.47. The van der Waals surface area contributed by atoms with Crippen LogP contribution in [0.15, 0.2) is 54.6 Å². The molecule has 104 valence electrons. The van der Waals surface area contributed by atoms with E-state index in [1.165, 1.54) is 0 Å². The zero-order valence-corrected chi connectivity index (χ0v) is 11.4. The van der Waals surface area contributed by atoms with Gasteiger partial charge in [0, 0.05) is 6.54 Å². The number of para-hydroxylation sites is 1. The van der Waals surface area contributed by atoms with Crippen LogP contribution in [0.2, 0.25) is 0 Å². The molecular weight excluding hydrogens is 252 g/mol. The highest BCUT2D eigenvalue weighted by atomic mass is 16.5. The summed E-state index contributed by atoms with van der Waals surface area (Å²) in [5, 5.41) is 3.05. The summed E-state index contributed by atoms with van der Waals surface area (Å²) in [5.41, 5.74) is 6.26. The average molecular weight is 270 g/mol. The van der Waals surface area contributed by atoms with Crippen LogP contribution >= 0.6 is 0 Å². The first-order valence-electron chi connectivity index (χ1n) is 6.49. The molecule has 0 aliphatic carbocycles. The molecule has 0 heterocycles. The third-order valence-electron chi connectivity index (χ3n) is 2.94. The predicted molar refractivity (Wildman–Crippen MR) is 78.5 cm³/mol. The van der Waals surface area contributed by atoms with Crippen molar-refractivity contribution in [3.05, 3.63) is 60.2 Å². The van der Waals surface area contributed by atoms with Gasteiger partial charge >= 0.3 is 0 Å². The number of rotatable bonds is 6. The van der Waals surface area contributed by atoms with Crippen molar-refractivity contribution in [2.24, 2.45) is 5.73 Å². The second-order valence-corrected chi connectivity index (χ2v) is 4.56. The van der Waals surface area contributed by atoms with Crippen molar-refractivity contribution < 1.29 is 9.53 Å². The van der Waals surface area contributed by atoms with Gasteiger partial charge in [0.25, 0.3) is 0 Å². The Hall–Kier alpha value is -2.33. The molecule has 2 rings (SSSR count). The van der Waals surface area contributed by atoms with Gasteiger partial charge in [0.1, 0.15) is 11.5 Å². The van der Waals surface area contributed by atoms with Crippen LogP contribution in [0.4, 0.5) is 0 Å². The van der Waals surface area contributed by atoms with Crippen LogP contribution in [0, 0.1) is 0 Å². The summed E-state index contributed by atoms with van der Waals surface area (Å²) < 4.78 is 5.70. The molecule has 20 heavy (non-hydrogen) atoms. The molecule has 4 heteroatoms. The summed E-state index contributed by atoms with van der Waals surface area (Å²) in [6.45, 7) is 2.34. The second kappa shape index (κ2) is 6.73. The number of carbonyl (C=O) groups excluding carboxylic acids is 1. The minimum atomic E-state index is -0.353. The van der Waals surface area contributed by atoms with Crippen LogP contribution in [0.3, 0.4) is 0 Å². The Kier molecular flexibility index (Phi) is 4.74. The molecule has 0 aliphatic rings. The molecule has 0 aliphatic heterocycles. The van der Waals surface area contributed by atoms with E-state index in [9.17, 15) is 4.79 Å². The van der Waals surface area contributed by atoms with E-state index in [1.807, 2.05) is 54.6 Å². The standard InChI is InChI=1S/C16H18N2O2/c1-12(16(17)19)18-11-13-7-9-15(10-8-13)20-14-5-3-2-4-6-14/h2-10,12,18H,11H2,1H3,(H2,17,19)/t12-/m1/s1. The van der Waals surface area contributed by atoms with Gasteiger partial charge in [0.2, 0.25) is 5.91 Å². The zero-order valence-electron chi connectivity index (χ0n) is 11.4. The number of nitrogens with one attached hydrogen (secondary N) is 1. The second-order valence-electron chi connectivity index (χ2n) is 4.56. The summed E-state index contributed by atoms with van der Waals surface area (Å²) in [6, 6.07) is 17.0. The molecular formula is C16H18N2O2. The number of hydrogen-bond donors (Lipinski definition) is 2. The van der Waals surface area contributed by atoms with Crippen molar-refractivity contribution in [2.75, 3.05) is 0 Å². The van der Waals surface area contributed by atoms with Crippen molar-refractivity contribution in [1.82, 2.24) is 5.32 Å². The molecule has 0 spiro atoms. The van der Waals surface area contributed by atoms with Gasteiger partial charge < -0.3 is 15.8 Å². The number of hydrogen-bond acceptors (Lipinski definition) is 3. The van der Waals surface area contributed by atoms with Gasteiger partial charge in [-0.15, -0.1) is 0 Å². The Bertz CT molecular complexity index is 552. The lowest BCUT2D eigenvalue weighted by Gasteiger charge is -2.10. The molecule has 4 nitrogen and oxygen atoms in total. The first-order valence-corrected chi connectivity index (χ1v) is 6.49. The summed E-state index contributed by atoms with van der Waals surface area (Å²) in [5.74, 6) is 1.23. The highest BCUT2D eigenvalue weighted by Gasteiger charge is 2.06. The van der Waals surface area contributed by atoms with Gasteiger partial charge in [-0.3, -0.25) is 4.79 Å². The number of primary amides is 1. The van der Waals surface area contributed by atoms with Gasteiger partial charge in [-0.05, 0) is 36.8 Å². The molecule has 2 aromatic carbocycles. The van der Waals surface area contributed by atoms with E-state index in [-0.39, 0.29) is 11.9 Å². The van der Waals surface area contributed by atoms with E-state index >= 15 is 0 Å². The molecule has 0 aromatic heterocycles. The number of ether oxygens (including phenoxy) is 1. The van der Waals surface area contributed by atoms with E-state index < -0.39 is 0 Å². The molecule has 1 atom stereocenters. The van der Waals surface area contributed by atoms with Crippen LogP contribution in [-0.2, 0) is 11.3 Å². The normalized spacial score (nSPS) is 11.8. The molecule has 1 amide bonds. The molecule has 0 bridgehead atoms. The van der Waals surface area contributed by atoms with Gasteiger partial charge in [0.15, 0.2) is 0 Å². The molecule has 0 saturated carbocycles. The number of nitrogens with two attached hydrogens (primary N) is 1. The fraction of sp³-hybridized carbons (Fsp3) is 0.188. The summed E-state index contributed by atoms with van der Waals surface area (Å²) in [6.07, 6.45) is 0. The van der Waals surface area contributed by atoms with Crippen LogP contribution in [0.5, 0.6) is 11.5 Å². The van der Waals surface area contributed by atoms with Crippen LogP contribution in [0.25, 0.3) is 0 Å². The molecule has 0 saturated heterocycles. The lowest BCUT2D eigenvalue weighted by Crippen LogP contribution is -2.38. The van der Waals surface area contributed by atoms with E-state index in [0.29, 0.717) is 6.54 Å². The van der Waals surface area contributed by atoms with Crippen molar-refractivity contribution in [2.45, 2.75) is 19.5 Å². The van der Waals surface area contributed by atoms with E-state index in [2.05, 4.69) is 5.32 Å². The zero-order chi connectivity index (χ0) is 14.4. The smallest absolute Gasteiger partial charge is 0.234 e. The number of carbonyl (C=O) groups is 1.